The van der Waals surface area contributed by atoms with Gasteiger partial charge < -0.3 is 5.32 Å². The van der Waals surface area contributed by atoms with E-state index in [-0.39, 0.29) is 0 Å². The molecule has 0 saturated carbocycles. The first-order valence-corrected chi connectivity index (χ1v) is 5.49. The van der Waals surface area contributed by atoms with Gasteiger partial charge in [-0.2, -0.15) is 0 Å². The quantitative estimate of drug-likeness (QED) is 0.754. The third-order valence-electron chi connectivity index (χ3n) is 2.90. The molecule has 0 aliphatic heterocycles. The Labute approximate surface area is 87.5 Å². The van der Waals surface area contributed by atoms with E-state index >= 15 is 0 Å². The van der Waals surface area contributed by atoms with Crippen molar-refractivity contribution in [3.05, 3.63) is 35.9 Å². The number of rotatable bonds is 5. The molecule has 0 saturated heterocycles. The molecule has 0 amide bonds. The van der Waals surface area contributed by atoms with Crippen LogP contribution in [0.2, 0.25) is 0 Å². The Morgan fingerprint density at radius 3 is 2.36 bits per heavy atom. The fraction of sp³-hybridized carbons (Fsp3) is 0.538. The van der Waals surface area contributed by atoms with Gasteiger partial charge >= 0.3 is 0 Å². The Hall–Kier alpha value is -0.820. The highest BCUT2D eigenvalue weighted by atomic mass is 14.9. The number of hydrogen-bond donors (Lipinski definition) is 1. The zero-order valence-corrected chi connectivity index (χ0v) is 9.46. The number of nitrogens with one attached hydrogen (secondary N) is 1. The highest BCUT2D eigenvalue weighted by Crippen LogP contribution is 2.13. The fourth-order valence-electron chi connectivity index (χ4n) is 2.02. The lowest BCUT2D eigenvalue weighted by Crippen LogP contribution is -2.32. The van der Waals surface area contributed by atoms with Gasteiger partial charge in [-0.3, -0.25) is 0 Å². The van der Waals surface area contributed by atoms with E-state index in [0.29, 0.717) is 12.0 Å². The van der Waals surface area contributed by atoms with Crippen molar-refractivity contribution in [1.29, 1.82) is 0 Å². The summed E-state index contributed by atoms with van der Waals surface area (Å²) in [6.07, 6.45) is 2.37. The zero-order valence-electron chi connectivity index (χ0n) is 9.46. The molecule has 1 heteroatoms. The van der Waals surface area contributed by atoms with Gasteiger partial charge in [0.25, 0.3) is 0 Å². The summed E-state index contributed by atoms with van der Waals surface area (Å²) in [5, 5.41) is 3.37. The Morgan fingerprint density at radius 2 is 1.86 bits per heavy atom. The Morgan fingerprint density at radius 1 is 1.21 bits per heavy atom. The first kappa shape index (κ1) is 11.3. The van der Waals surface area contributed by atoms with Crippen LogP contribution in [0.15, 0.2) is 30.3 Å². The predicted octanol–water partition coefficient (Wildman–Crippen LogP) is 2.86. The van der Waals surface area contributed by atoms with Gasteiger partial charge in [0, 0.05) is 6.04 Å². The van der Waals surface area contributed by atoms with Crippen LogP contribution < -0.4 is 5.32 Å². The summed E-state index contributed by atoms with van der Waals surface area (Å²) < 4.78 is 0. The van der Waals surface area contributed by atoms with Crippen LogP contribution >= 0.6 is 0 Å². The first-order valence-electron chi connectivity index (χ1n) is 5.49. The molecule has 78 valence electrons. The van der Waals surface area contributed by atoms with Gasteiger partial charge in [0.15, 0.2) is 0 Å². The van der Waals surface area contributed by atoms with Crippen LogP contribution in [-0.2, 0) is 6.42 Å². The summed E-state index contributed by atoms with van der Waals surface area (Å²) in [4.78, 5) is 0. The maximum atomic E-state index is 3.37. The molecule has 0 fully saturated rings. The van der Waals surface area contributed by atoms with Gasteiger partial charge in [-0.25, -0.2) is 0 Å². The van der Waals surface area contributed by atoms with Crippen LogP contribution in [0, 0.1) is 5.92 Å². The van der Waals surface area contributed by atoms with Gasteiger partial charge in [-0.15, -0.1) is 0 Å². The first-order chi connectivity index (χ1) is 6.77. The molecule has 1 aromatic carbocycles. The van der Waals surface area contributed by atoms with Crippen molar-refractivity contribution < 1.29 is 0 Å². The molecule has 1 nitrogen and oxygen atoms in total. The lowest BCUT2D eigenvalue weighted by Gasteiger charge is -2.22. The monoisotopic (exact) mass is 191 g/mol. The van der Waals surface area contributed by atoms with Gasteiger partial charge in [-0.1, -0.05) is 44.2 Å². The molecular weight excluding hydrogens is 170 g/mol. The molecule has 0 aliphatic rings. The van der Waals surface area contributed by atoms with E-state index in [1.54, 1.807) is 0 Å². The molecule has 1 aromatic rings. The molecule has 0 aliphatic carbocycles. The predicted molar refractivity (Wildman–Crippen MR) is 62.4 cm³/mol. The maximum absolute atomic E-state index is 3.37. The van der Waals surface area contributed by atoms with Gasteiger partial charge in [0.2, 0.25) is 0 Å². The second-order valence-electron chi connectivity index (χ2n) is 3.97. The van der Waals surface area contributed by atoms with E-state index in [0.717, 1.165) is 0 Å². The van der Waals surface area contributed by atoms with E-state index in [1.807, 2.05) is 0 Å². The van der Waals surface area contributed by atoms with Gasteiger partial charge in [0.1, 0.15) is 0 Å². The summed E-state index contributed by atoms with van der Waals surface area (Å²) in [5.74, 6) is 0.701. The highest BCUT2D eigenvalue weighted by molar-refractivity contribution is 5.15. The van der Waals surface area contributed by atoms with Crippen LogP contribution in [0.1, 0.15) is 25.8 Å². The minimum atomic E-state index is 0.634. The van der Waals surface area contributed by atoms with Crippen molar-refractivity contribution in [2.75, 3.05) is 7.05 Å². The molecular formula is C13H21N. The molecule has 0 heterocycles. The average Bonchev–Trinajstić information content (AvgIpc) is 2.21. The Bertz CT molecular complexity index is 239. The second kappa shape index (κ2) is 5.82. The summed E-state index contributed by atoms with van der Waals surface area (Å²) in [5.41, 5.74) is 1.44. The minimum absolute atomic E-state index is 0.634. The van der Waals surface area contributed by atoms with Crippen molar-refractivity contribution >= 4 is 0 Å². The van der Waals surface area contributed by atoms with Gasteiger partial charge in [0.05, 0.1) is 0 Å². The molecule has 2 atom stereocenters. The lowest BCUT2D eigenvalue weighted by molar-refractivity contribution is 0.387. The minimum Gasteiger partial charge on any atom is -0.317 e. The molecule has 2 unspecified atom stereocenters. The van der Waals surface area contributed by atoms with Crippen molar-refractivity contribution in [3.63, 3.8) is 0 Å². The molecule has 0 bridgehead atoms. The van der Waals surface area contributed by atoms with Crippen LogP contribution in [0.3, 0.4) is 0 Å². The van der Waals surface area contributed by atoms with E-state index in [9.17, 15) is 0 Å². The highest BCUT2D eigenvalue weighted by Gasteiger charge is 2.13. The summed E-state index contributed by atoms with van der Waals surface area (Å²) >= 11 is 0. The Kier molecular flexibility index (Phi) is 4.68. The molecule has 0 spiro atoms. The van der Waals surface area contributed by atoms with Crippen LogP contribution in [0.25, 0.3) is 0 Å². The van der Waals surface area contributed by atoms with Crippen LogP contribution in [-0.4, -0.2) is 13.1 Å². The molecule has 0 aromatic heterocycles. The average molecular weight is 191 g/mol. The van der Waals surface area contributed by atoms with Crippen molar-refractivity contribution in [2.45, 2.75) is 32.7 Å². The fourth-order valence-corrected chi connectivity index (χ4v) is 2.02. The van der Waals surface area contributed by atoms with Crippen LogP contribution in [0.5, 0.6) is 0 Å². The van der Waals surface area contributed by atoms with Gasteiger partial charge in [-0.05, 0) is 31.4 Å². The molecule has 0 radical (unpaired) electrons. The molecule has 14 heavy (non-hydrogen) atoms. The molecule has 1 N–H and O–H groups in total. The van der Waals surface area contributed by atoms with E-state index in [1.165, 1.54) is 18.4 Å². The zero-order chi connectivity index (χ0) is 10.4. The standard InChI is InChI=1S/C13H21N/c1-4-13(14-3)11(2)10-12-8-6-5-7-9-12/h5-9,11,13-14H,4,10H2,1-3H3. The molecule has 1 rings (SSSR count). The number of hydrogen-bond acceptors (Lipinski definition) is 1. The third kappa shape index (κ3) is 3.15. The summed E-state index contributed by atoms with van der Waals surface area (Å²) in [6.45, 7) is 4.56. The van der Waals surface area contributed by atoms with Crippen molar-refractivity contribution in [1.82, 2.24) is 5.32 Å². The van der Waals surface area contributed by atoms with Crippen molar-refractivity contribution in [2.24, 2.45) is 5.92 Å². The largest absolute Gasteiger partial charge is 0.317 e. The topological polar surface area (TPSA) is 12.0 Å². The lowest BCUT2D eigenvalue weighted by atomic mass is 9.92. The normalized spacial score (nSPS) is 15.1. The van der Waals surface area contributed by atoms with E-state index in [4.69, 9.17) is 0 Å². The summed E-state index contributed by atoms with van der Waals surface area (Å²) in [6, 6.07) is 11.3. The van der Waals surface area contributed by atoms with Crippen molar-refractivity contribution in [3.8, 4) is 0 Å². The second-order valence-corrected chi connectivity index (χ2v) is 3.97. The maximum Gasteiger partial charge on any atom is 0.00902 e. The van der Waals surface area contributed by atoms with E-state index < -0.39 is 0 Å². The van der Waals surface area contributed by atoms with E-state index in [2.05, 4.69) is 56.5 Å². The number of benzene rings is 1. The van der Waals surface area contributed by atoms with Crippen LogP contribution in [0.4, 0.5) is 0 Å². The summed E-state index contributed by atoms with van der Waals surface area (Å²) in [7, 11) is 2.05. The Balaban J connectivity index is 2.52. The third-order valence-corrected chi connectivity index (χ3v) is 2.90. The SMILES string of the molecule is CCC(NC)C(C)Cc1ccccc1. The smallest absolute Gasteiger partial charge is 0.00902 e.